The molecule has 2 fully saturated rings. The van der Waals surface area contributed by atoms with Gasteiger partial charge in [-0.05, 0) is 37.3 Å². The second-order valence-electron chi connectivity index (χ2n) is 7.44. The molecule has 2 aliphatic heterocycles. The number of fused-ring (bicyclic) bond motifs is 1. The van der Waals surface area contributed by atoms with Crippen molar-refractivity contribution in [2.75, 3.05) is 31.6 Å². The number of rotatable bonds is 3. The third kappa shape index (κ3) is 3.14. The maximum absolute atomic E-state index is 12.7. The Morgan fingerprint density at radius 2 is 1.96 bits per heavy atom. The summed E-state index contributed by atoms with van der Waals surface area (Å²) in [5.41, 5.74) is 0.972. The van der Waals surface area contributed by atoms with Crippen molar-refractivity contribution in [2.45, 2.75) is 38.3 Å². The van der Waals surface area contributed by atoms with Gasteiger partial charge in [0, 0.05) is 38.2 Å². The summed E-state index contributed by atoms with van der Waals surface area (Å²) in [6, 6.07) is 8.38. The molecule has 3 heterocycles. The molecule has 0 radical (unpaired) electrons. The van der Waals surface area contributed by atoms with Crippen molar-refractivity contribution in [1.29, 1.82) is 0 Å². The Morgan fingerprint density at radius 1 is 1.19 bits per heavy atom. The monoisotopic (exact) mass is 354 g/mol. The molecule has 0 saturated carbocycles. The Labute approximate surface area is 154 Å². The number of likely N-dealkylation sites (N-methyl/N-ethyl adjacent to an activating group) is 1. The Morgan fingerprint density at radius 3 is 2.69 bits per heavy atom. The molecule has 0 spiro atoms. The van der Waals surface area contributed by atoms with E-state index in [1.54, 1.807) is 6.33 Å². The number of hydrogen-bond acceptors (Lipinski definition) is 5. The van der Waals surface area contributed by atoms with Crippen molar-refractivity contribution >= 4 is 22.6 Å². The number of benzene rings is 1. The number of carbonyl (C=O) groups excluding carboxylic acids is 1. The Bertz CT molecular complexity index is 783. The molecule has 138 valence electrons. The van der Waals surface area contributed by atoms with E-state index in [-0.39, 0.29) is 18.1 Å². The lowest BCUT2D eigenvalue weighted by atomic mass is 9.99. The second-order valence-corrected chi connectivity index (χ2v) is 7.44. The van der Waals surface area contributed by atoms with Crippen molar-refractivity contribution in [3.63, 3.8) is 0 Å². The van der Waals surface area contributed by atoms with Crippen molar-refractivity contribution in [2.24, 2.45) is 5.92 Å². The van der Waals surface area contributed by atoms with Gasteiger partial charge in [-0.25, -0.2) is 9.97 Å². The van der Waals surface area contributed by atoms with E-state index in [0.29, 0.717) is 12.5 Å². The minimum absolute atomic E-state index is 0.140. The van der Waals surface area contributed by atoms with Gasteiger partial charge in [-0.3, -0.25) is 4.79 Å². The largest absolute Gasteiger partial charge is 0.368 e. The summed E-state index contributed by atoms with van der Waals surface area (Å²) in [6.07, 6.45) is 4.24. The van der Waals surface area contributed by atoms with E-state index in [1.165, 1.54) is 0 Å². The van der Waals surface area contributed by atoms with Crippen molar-refractivity contribution < 1.29 is 9.53 Å². The first-order valence-electron chi connectivity index (χ1n) is 9.48. The minimum Gasteiger partial charge on any atom is -0.368 e. The third-order valence-electron chi connectivity index (χ3n) is 5.81. The second kappa shape index (κ2) is 7.19. The number of hydrogen-bond donors (Lipinski definition) is 0. The molecule has 2 aliphatic rings. The highest BCUT2D eigenvalue weighted by atomic mass is 16.5. The molecule has 1 aromatic heterocycles. The summed E-state index contributed by atoms with van der Waals surface area (Å²) < 4.78 is 5.66. The molecule has 0 unspecified atom stereocenters. The number of nitrogens with zero attached hydrogens (tertiary/aromatic N) is 4. The van der Waals surface area contributed by atoms with Gasteiger partial charge in [0.05, 0.1) is 5.52 Å². The summed E-state index contributed by atoms with van der Waals surface area (Å²) >= 11 is 0. The summed E-state index contributed by atoms with van der Waals surface area (Å²) in [5, 5.41) is 1.09. The molecule has 1 aromatic carbocycles. The molecule has 0 bridgehead atoms. The summed E-state index contributed by atoms with van der Waals surface area (Å²) in [5.74, 6) is 1.45. The van der Waals surface area contributed by atoms with E-state index >= 15 is 0 Å². The lowest BCUT2D eigenvalue weighted by Crippen LogP contribution is -2.49. The van der Waals surface area contributed by atoms with Crippen LogP contribution in [0.2, 0.25) is 0 Å². The van der Waals surface area contributed by atoms with Crippen molar-refractivity contribution in [3.05, 3.63) is 30.6 Å². The molecule has 0 aliphatic carbocycles. The third-order valence-corrected chi connectivity index (χ3v) is 5.81. The highest BCUT2D eigenvalue weighted by Crippen LogP contribution is 2.28. The number of anilines is 1. The van der Waals surface area contributed by atoms with Crippen LogP contribution in [0.4, 0.5) is 5.82 Å². The van der Waals surface area contributed by atoms with Crippen LogP contribution in [0, 0.1) is 5.92 Å². The number of para-hydroxylation sites is 1. The molecule has 26 heavy (non-hydrogen) atoms. The van der Waals surface area contributed by atoms with Crippen LogP contribution < -0.4 is 4.90 Å². The van der Waals surface area contributed by atoms with Crippen LogP contribution in [-0.4, -0.2) is 59.7 Å². The molecule has 0 N–H and O–H groups in total. The SMILES string of the molecule is C[C@@H]1CCO[C@@H]1C(=O)N(C)C1CCN(c2ncnc3ccccc23)CC1. The maximum atomic E-state index is 12.7. The predicted molar refractivity (Wildman–Crippen MR) is 101 cm³/mol. The van der Waals surface area contributed by atoms with Crippen LogP contribution >= 0.6 is 0 Å². The van der Waals surface area contributed by atoms with E-state index in [2.05, 4.69) is 27.9 Å². The number of piperidine rings is 1. The summed E-state index contributed by atoms with van der Waals surface area (Å²) in [7, 11) is 1.93. The highest BCUT2D eigenvalue weighted by molar-refractivity contribution is 5.89. The van der Waals surface area contributed by atoms with Gasteiger partial charge in [0.2, 0.25) is 0 Å². The van der Waals surface area contributed by atoms with Gasteiger partial charge in [0.15, 0.2) is 0 Å². The average Bonchev–Trinajstić information content (AvgIpc) is 3.12. The van der Waals surface area contributed by atoms with Gasteiger partial charge < -0.3 is 14.5 Å². The van der Waals surface area contributed by atoms with Gasteiger partial charge >= 0.3 is 0 Å². The van der Waals surface area contributed by atoms with Crippen LogP contribution in [0.15, 0.2) is 30.6 Å². The van der Waals surface area contributed by atoms with Gasteiger partial charge in [0.1, 0.15) is 18.2 Å². The number of ether oxygens (including phenoxy) is 1. The van der Waals surface area contributed by atoms with Gasteiger partial charge in [-0.2, -0.15) is 0 Å². The molecule has 6 heteroatoms. The van der Waals surface area contributed by atoms with E-state index < -0.39 is 0 Å². The fourth-order valence-electron chi connectivity index (χ4n) is 4.10. The first kappa shape index (κ1) is 17.2. The Hall–Kier alpha value is -2.21. The molecule has 4 rings (SSSR count). The van der Waals surface area contributed by atoms with E-state index in [4.69, 9.17) is 4.74 Å². The molecule has 6 nitrogen and oxygen atoms in total. The molecule has 1 amide bonds. The van der Waals surface area contributed by atoms with E-state index in [0.717, 1.165) is 49.1 Å². The van der Waals surface area contributed by atoms with Crippen LogP contribution in [-0.2, 0) is 9.53 Å². The zero-order valence-electron chi connectivity index (χ0n) is 15.5. The fourth-order valence-corrected chi connectivity index (χ4v) is 4.10. The molecule has 2 saturated heterocycles. The standard InChI is InChI=1S/C20H26N4O2/c1-14-9-12-26-18(14)20(25)23(2)15-7-10-24(11-8-15)19-16-5-3-4-6-17(16)21-13-22-19/h3-6,13-15,18H,7-12H2,1-2H3/t14-,18+/m1/s1. The Balaban J connectivity index is 1.43. The van der Waals surface area contributed by atoms with Crippen LogP contribution in [0.1, 0.15) is 26.2 Å². The van der Waals surface area contributed by atoms with E-state index in [1.807, 2.05) is 30.1 Å². The zero-order chi connectivity index (χ0) is 18.1. The predicted octanol–water partition coefficient (Wildman–Crippen LogP) is 2.48. The van der Waals surface area contributed by atoms with Crippen LogP contribution in [0.25, 0.3) is 10.9 Å². The normalized spacial score (nSPS) is 24.2. The van der Waals surface area contributed by atoms with Gasteiger partial charge in [-0.1, -0.05) is 19.1 Å². The molecule has 2 aromatic rings. The average molecular weight is 354 g/mol. The molecular weight excluding hydrogens is 328 g/mol. The number of carbonyl (C=O) groups is 1. The first-order valence-corrected chi connectivity index (χ1v) is 9.48. The summed E-state index contributed by atoms with van der Waals surface area (Å²) in [4.78, 5) is 25.9. The Kier molecular flexibility index (Phi) is 4.76. The lowest BCUT2D eigenvalue weighted by molar-refractivity contribution is -0.143. The molecular formula is C20H26N4O2. The smallest absolute Gasteiger partial charge is 0.251 e. The molecule has 2 atom stereocenters. The topological polar surface area (TPSA) is 58.6 Å². The van der Waals surface area contributed by atoms with Crippen molar-refractivity contribution in [1.82, 2.24) is 14.9 Å². The number of amides is 1. The van der Waals surface area contributed by atoms with Crippen LogP contribution in [0.5, 0.6) is 0 Å². The number of aromatic nitrogens is 2. The first-order chi connectivity index (χ1) is 12.6. The highest BCUT2D eigenvalue weighted by Gasteiger charge is 2.36. The minimum atomic E-state index is -0.260. The zero-order valence-corrected chi connectivity index (χ0v) is 15.5. The van der Waals surface area contributed by atoms with Crippen molar-refractivity contribution in [3.8, 4) is 0 Å². The quantitative estimate of drug-likeness (QED) is 0.847. The maximum Gasteiger partial charge on any atom is 0.251 e. The van der Waals surface area contributed by atoms with Gasteiger partial charge in [0.25, 0.3) is 5.91 Å². The van der Waals surface area contributed by atoms with E-state index in [9.17, 15) is 4.79 Å². The van der Waals surface area contributed by atoms with Crippen LogP contribution in [0.3, 0.4) is 0 Å². The van der Waals surface area contributed by atoms with Gasteiger partial charge in [-0.15, -0.1) is 0 Å². The summed E-state index contributed by atoms with van der Waals surface area (Å²) in [6.45, 7) is 4.59. The fraction of sp³-hybridized carbons (Fsp3) is 0.550. The lowest BCUT2D eigenvalue weighted by Gasteiger charge is -2.38.